The molecule has 2 rings (SSSR count). The summed E-state index contributed by atoms with van der Waals surface area (Å²) in [6, 6.07) is 1.91. The van der Waals surface area contributed by atoms with Gasteiger partial charge in [0.1, 0.15) is 12.1 Å². The SMILES string of the molecule is c1cc(NCCCC2CCCC2)ncn1. The molecule has 1 fully saturated rings. The number of nitrogens with zero attached hydrogens (tertiary/aromatic N) is 2. The van der Waals surface area contributed by atoms with E-state index >= 15 is 0 Å². The molecule has 15 heavy (non-hydrogen) atoms. The van der Waals surface area contributed by atoms with Crippen molar-refractivity contribution in [2.75, 3.05) is 11.9 Å². The zero-order chi connectivity index (χ0) is 10.3. The highest BCUT2D eigenvalue weighted by Crippen LogP contribution is 2.28. The predicted molar refractivity (Wildman–Crippen MR) is 61.7 cm³/mol. The summed E-state index contributed by atoms with van der Waals surface area (Å²) < 4.78 is 0. The second-order valence-electron chi connectivity index (χ2n) is 4.31. The van der Waals surface area contributed by atoms with Crippen molar-refractivity contribution in [1.29, 1.82) is 0 Å². The Bertz CT molecular complexity index is 267. The molecule has 0 aliphatic heterocycles. The van der Waals surface area contributed by atoms with Gasteiger partial charge < -0.3 is 5.32 Å². The minimum atomic E-state index is 0.941. The van der Waals surface area contributed by atoms with Crippen LogP contribution in [0.5, 0.6) is 0 Å². The van der Waals surface area contributed by atoms with Crippen LogP contribution in [0.1, 0.15) is 38.5 Å². The quantitative estimate of drug-likeness (QED) is 0.751. The van der Waals surface area contributed by atoms with Crippen LogP contribution in [-0.2, 0) is 0 Å². The first-order chi connectivity index (χ1) is 7.45. The first-order valence-electron chi connectivity index (χ1n) is 5.95. The summed E-state index contributed by atoms with van der Waals surface area (Å²) in [5.41, 5.74) is 0. The van der Waals surface area contributed by atoms with Crippen LogP contribution in [0, 0.1) is 5.92 Å². The van der Waals surface area contributed by atoms with Gasteiger partial charge in [0.15, 0.2) is 0 Å². The first kappa shape index (κ1) is 10.4. The molecule has 1 aliphatic carbocycles. The van der Waals surface area contributed by atoms with Crippen LogP contribution in [-0.4, -0.2) is 16.5 Å². The van der Waals surface area contributed by atoms with Gasteiger partial charge in [-0.2, -0.15) is 0 Å². The zero-order valence-corrected chi connectivity index (χ0v) is 9.15. The van der Waals surface area contributed by atoms with Crippen LogP contribution in [0.4, 0.5) is 5.82 Å². The molecule has 1 N–H and O–H groups in total. The molecule has 0 amide bonds. The van der Waals surface area contributed by atoms with Crippen LogP contribution >= 0.6 is 0 Å². The number of anilines is 1. The minimum absolute atomic E-state index is 0.941. The molecule has 1 saturated carbocycles. The smallest absolute Gasteiger partial charge is 0.129 e. The average molecular weight is 205 g/mol. The molecule has 0 spiro atoms. The molecular formula is C12H19N3. The predicted octanol–water partition coefficient (Wildman–Crippen LogP) is 2.86. The molecule has 0 radical (unpaired) electrons. The third-order valence-electron chi connectivity index (χ3n) is 3.15. The third kappa shape index (κ3) is 3.50. The Balaban J connectivity index is 1.59. The van der Waals surface area contributed by atoms with Gasteiger partial charge in [-0.25, -0.2) is 9.97 Å². The van der Waals surface area contributed by atoms with E-state index in [0.717, 1.165) is 18.3 Å². The van der Waals surface area contributed by atoms with Crippen LogP contribution in [0.2, 0.25) is 0 Å². The molecule has 1 aliphatic rings. The lowest BCUT2D eigenvalue weighted by Crippen LogP contribution is -2.05. The molecule has 1 aromatic heterocycles. The molecule has 1 heterocycles. The van der Waals surface area contributed by atoms with E-state index in [9.17, 15) is 0 Å². The molecule has 82 valence electrons. The molecule has 0 atom stereocenters. The number of nitrogens with one attached hydrogen (secondary N) is 1. The van der Waals surface area contributed by atoms with Gasteiger partial charge in [0.25, 0.3) is 0 Å². The maximum Gasteiger partial charge on any atom is 0.129 e. The highest BCUT2D eigenvalue weighted by atomic mass is 15.0. The zero-order valence-electron chi connectivity index (χ0n) is 9.15. The van der Waals surface area contributed by atoms with Crippen LogP contribution in [0.15, 0.2) is 18.6 Å². The van der Waals surface area contributed by atoms with Crippen molar-refractivity contribution in [3.8, 4) is 0 Å². The number of aromatic nitrogens is 2. The van der Waals surface area contributed by atoms with Gasteiger partial charge in [-0.1, -0.05) is 25.7 Å². The Morgan fingerprint density at radius 1 is 1.33 bits per heavy atom. The summed E-state index contributed by atoms with van der Waals surface area (Å²) in [6.07, 6.45) is 11.8. The fraction of sp³-hybridized carbons (Fsp3) is 0.667. The summed E-state index contributed by atoms with van der Waals surface area (Å²) in [6.45, 7) is 1.04. The topological polar surface area (TPSA) is 37.8 Å². The van der Waals surface area contributed by atoms with E-state index < -0.39 is 0 Å². The van der Waals surface area contributed by atoms with Gasteiger partial charge >= 0.3 is 0 Å². The fourth-order valence-electron chi connectivity index (χ4n) is 2.30. The van der Waals surface area contributed by atoms with E-state index in [4.69, 9.17) is 0 Å². The van der Waals surface area contributed by atoms with E-state index in [1.54, 1.807) is 12.5 Å². The Morgan fingerprint density at radius 3 is 2.93 bits per heavy atom. The lowest BCUT2D eigenvalue weighted by molar-refractivity contribution is 0.491. The van der Waals surface area contributed by atoms with Crippen LogP contribution in [0.25, 0.3) is 0 Å². The van der Waals surface area contributed by atoms with E-state index in [0.29, 0.717) is 0 Å². The molecule has 3 heteroatoms. The van der Waals surface area contributed by atoms with Gasteiger partial charge in [0.2, 0.25) is 0 Å². The highest BCUT2D eigenvalue weighted by Gasteiger charge is 2.13. The Hall–Kier alpha value is -1.12. The monoisotopic (exact) mass is 205 g/mol. The minimum Gasteiger partial charge on any atom is -0.370 e. The van der Waals surface area contributed by atoms with Crippen LogP contribution in [0.3, 0.4) is 0 Å². The first-order valence-corrected chi connectivity index (χ1v) is 5.95. The molecule has 0 unspecified atom stereocenters. The maximum atomic E-state index is 4.13. The second-order valence-corrected chi connectivity index (χ2v) is 4.31. The second kappa shape index (κ2) is 5.69. The number of hydrogen-bond acceptors (Lipinski definition) is 3. The van der Waals surface area contributed by atoms with Crippen LogP contribution < -0.4 is 5.32 Å². The Morgan fingerprint density at radius 2 is 2.20 bits per heavy atom. The van der Waals surface area contributed by atoms with Crippen molar-refractivity contribution in [1.82, 2.24) is 9.97 Å². The maximum absolute atomic E-state index is 4.13. The van der Waals surface area contributed by atoms with Gasteiger partial charge in [-0.15, -0.1) is 0 Å². The van der Waals surface area contributed by atoms with Gasteiger partial charge in [-0.3, -0.25) is 0 Å². The Kier molecular flexibility index (Phi) is 3.94. The number of hydrogen-bond donors (Lipinski definition) is 1. The highest BCUT2D eigenvalue weighted by molar-refractivity contribution is 5.31. The standard InChI is InChI=1S/C12H19N3/c1-2-5-11(4-1)6-3-8-14-12-7-9-13-10-15-12/h7,9-11H,1-6,8H2,(H,13,14,15). The molecule has 3 nitrogen and oxygen atoms in total. The fourth-order valence-corrected chi connectivity index (χ4v) is 2.30. The van der Waals surface area contributed by atoms with E-state index in [1.807, 2.05) is 6.07 Å². The van der Waals surface area contributed by atoms with Crippen molar-refractivity contribution >= 4 is 5.82 Å². The Labute approximate surface area is 91.3 Å². The van der Waals surface area contributed by atoms with E-state index in [1.165, 1.54) is 38.5 Å². The summed E-state index contributed by atoms with van der Waals surface area (Å²) in [5, 5.41) is 3.32. The lowest BCUT2D eigenvalue weighted by Gasteiger charge is -2.09. The largest absolute Gasteiger partial charge is 0.370 e. The normalized spacial score (nSPS) is 16.8. The van der Waals surface area contributed by atoms with Gasteiger partial charge in [0.05, 0.1) is 0 Å². The summed E-state index contributed by atoms with van der Waals surface area (Å²) >= 11 is 0. The van der Waals surface area contributed by atoms with Crippen molar-refractivity contribution < 1.29 is 0 Å². The molecule has 0 bridgehead atoms. The van der Waals surface area contributed by atoms with E-state index in [-0.39, 0.29) is 0 Å². The average Bonchev–Trinajstić information content (AvgIpc) is 2.79. The lowest BCUT2D eigenvalue weighted by atomic mass is 10.0. The van der Waals surface area contributed by atoms with Gasteiger partial charge in [0, 0.05) is 12.7 Å². The molecule has 0 aromatic carbocycles. The van der Waals surface area contributed by atoms with E-state index in [2.05, 4.69) is 15.3 Å². The van der Waals surface area contributed by atoms with Crippen molar-refractivity contribution in [2.24, 2.45) is 5.92 Å². The third-order valence-corrected chi connectivity index (χ3v) is 3.15. The molecule has 0 saturated heterocycles. The molecular weight excluding hydrogens is 186 g/mol. The summed E-state index contributed by atoms with van der Waals surface area (Å²) in [4.78, 5) is 8.01. The van der Waals surface area contributed by atoms with Gasteiger partial charge in [-0.05, 0) is 24.8 Å². The molecule has 1 aromatic rings. The summed E-state index contributed by atoms with van der Waals surface area (Å²) in [7, 11) is 0. The number of rotatable bonds is 5. The summed E-state index contributed by atoms with van der Waals surface area (Å²) in [5.74, 6) is 1.94. The van der Waals surface area contributed by atoms with Crippen molar-refractivity contribution in [3.05, 3.63) is 18.6 Å². The van der Waals surface area contributed by atoms with Crippen molar-refractivity contribution in [3.63, 3.8) is 0 Å². The van der Waals surface area contributed by atoms with Crippen molar-refractivity contribution in [2.45, 2.75) is 38.5 Å².